The van der Waals surface area contributed by atoms with Gasteiger partial charge in [0.15, 0.2) is 0 Å². The summed E-state index contributed by atoms with van der Waals surface area (Å²) in [6.07, 6.45) is 0. The molecule has 2 N–H and O–H groups in total. The summed E-state index contributed by atoms with van der Waals surface area (Å²) in [5.41, 5.74) is 3.25. The minimum Gasteiger partial charge on any atom is -0.459 e. The quantitative estimate of drug-likeness (QED) is 0.766. The lowest BCUT2D eigenvalue weighted by Crippen LogP contribution is -2.11. The maximum absolute atomic E-state index is 12.3. The molecule has 1 amide bonds. The molecule has 1 heterocycles. The molecular weight excluding hydrogens is 290 g/mol. The Morgan fingerprint density at radius 1 is 1.09 bits per heavy atom. The topological polar surface area (TPSA) is 62.5 Å². The highest BCUT2D eigenvalue weighted by molar-refractivity contribution is 6.04. The van der Waals surface area contributed by atoms with Crippen LogP contribution in [0, 0.1) is 6.92 Å². The number of aliphatic hydroxyl groups is 1. The number of aryl methyl sites for hydroxylation is 1. The van der Waals surface area contributed by atoms with Crippen molar-refractivity contribution in [3.8, 4) is 11.3 Å². The molecule has 0 aliphatic carbocycles. The SMILES string of the molecule is Cc1ccc(C(=O)Nc2cccc(-c3ccc(CO)o3)c2)cc1. The lowest BCUT2D eigenvalue weighted by Gasteiger charge is -2.07. The van der Waals surface area contributed by atoms with E-state index in [2.05, 4.69) is 5.32 Å². The molecule has 0 saturated heterocycles. The van der Waals surface area contributed by atoms with Crippen molar-refractivity contribution >= 4 is 11.6 Å². The van der Waals surface area contributed by atoms with Gasteiger partial charge in [0.2, 0.25) is 0 Å². The Kier molecular flexibility index (Phi) is 4.26. The van der Waals surface area contributed by atoms with Crippen molar-refractivity contribution in [2.45, 2.75) is 13.5 Å². The molecular formula is C19H17NO3. The van der Waals surface area contributed by atoms with Gasteiger partial charge in [0, 0.05) is 16.8 Å². The van der Waals surface area contributed by atoms with E-state index in [1.165, 1.54) is 0 Å². The highest BCUT2D eigenvalue weighted by atomic mass is 16.4. The van der Waals surface area contributed by atoms with E-state index in [1.807, 2.05) is 43.3 Å². The van der Waals surface area contributed by atoms with E-state index in [9.17, 15) is 4.79 Å². The van der Waals surface area contributed by atoms with E-state index in [0.29, 0.717) is 22.8 Å². The Labute approximate surface area is 134 Å². The third-order valence-corrected chi connectivity index (χ3v) is 3.54. The first kappa shape index (κ1) is 15.1. The van der Waals surface area contributed by atoms with Gasteiger partial charge >= 0.3 is 0 Å². The molecule has 23 heavy (non-hydrogen) atoms. The number of rotatable bonds is 4. The van der Waals surface area contributed by atoms with Gasteiger partial charge < -0.3 is 14.8 Å². The summed E-state index contributed by atoms with van der Waals surface area (Å²) in [6.45, 7) is 1.85. The predicted octanol–water partition coefficient (Wildman–Crippen LogP) is 4.00. The number of anilines is 1. The third kappa shape index (κ3) is 3.49. The number of hydrogen-bond donors (Lipinski definition) is 2. The van der Waals surface area contributed by atoms with Crippen molar-refractivity contribution in [3.05, 3.63) is 77.6 Å². The third-order valence-electron chi connectivity index (χ3n) is 3.54. The molecule has 0 atom stereocenters. The van der Waals surface area contributed by atoms with Crippen molar-refractivity contribution in [3.63, 3.8) is 0 Å². The maximum Gasteiger partial charge on any atom is 0.255 e. The molecule has 1 aromatic heterocycles. The normalized spacial score (nSPS) is 10.5. The van der Waals surface area contributed by atoms with Crippen molar-refractivity contribution < 1.29 is 14.3 Å². The van der Waals surface area contributed by atoms with E-state index in [1.54, 1.807) is 24.3 Å². The molecule has 0 unspecified atom stereocenters. The highest BCUT2D eigenvalue weighted by Crippen LogP contribution is 2.25. The van der Waals surface area contributed by atoms with Crippen LogP contribution in [-0.4, -0.2) is 11.0 Å². The fraction of sp³-hybridized carbons (Fsp3) is 0.105. The number of amides is 1. The maximum atomic E-state index is 12.3. The summed E-state index contributed by atoms with van der Waals surface area (Å²) in [4.78, 5) is 12.3. The van der Waals surface area contributed by atoms with Crippen LogP contribution in [0.5, 0.6) is 0 Å². The van der Waals surface area contributed by atoms with Gasteiger partial charge in [-0.2, -0.15) is 0 Å². The second-order valence-corrected chi connectivity index (χ2v) is 5.33. The van der Waals surface area contributed by atoms with Gasteiger partial charge in [-0.1, -0.05) is 29.8 Å². The highest BCUT2D eigenvalue weighted by Gasteiger charge is 2.08. The number of hydrogen-bond acceptors (Lipinski definition) is 3. The summed E-state index contributed by atoms with van der Waals surface area (Å²) >= 11 is 0. The molecule has 3 aromatic rings. The first-order valence-electron chi connectivity index (χ1n) is 7.34. The number of carbonyl (C=O) groups is 1. The average molecular weight is 307 g/mol. The summed E-state index contributed by atoms with van der Waals surface area (Å²) in [6, 6.07) is 18.3. The Morgan fingerprint density at radius 2 is 1.87 bits per heavy atom. The molecule has 116 valence electrons. The molecule has 0 saturated carbocycles. The van der Waals surface area contributed by atoms with Gasteiger partial charge in [0.25, 0.3) is 5.91 Å². The van der Waals surface area contributed by atoms with E-state index >= 15 is 0 Å². The standard InChI is InChI=1S/C19H17NO3/c1-13-5-7-14(8-6-13)19(22)20-16-4-2-3-15(11-16)18-10-9-17(12-21)23-18/h2-11,21H,12H2,1H3,(H,20,22). The number of nitrogens with one attached hydrogen (secondary N) is 1. The Hall–Kier alpha value is -2.85. The summed E-state index contributed by atoms with van der Waals surface area (Å²) in [5, 5.41) is 11.9. The first-order chi connectivity index (χ1) is 11.2. The summed E-state index contributed by atoms with van der Waals surface area (Å²) in [5.74, 6) is 1.01. The molecule has 4 heteroatoms. The zero-order valence-corrected chi connectivity index (χ0v) is 12.7. The van der Waals surface area contributed by atoms with Gasteiger partial charge in [-0.3, -0.25) is 4.79 Å². The minimum atomic E-state index is -0.155. The first-order valence-corrected chi connectivity index (χ1v) is 7.34. The van der Waals surface area contributed by atoms with Crippen molar-refractivity contribution in [1.29, 1.82) is 0 Å². The molecule has 0 bridgehead atoms. The van der Waals surface area contributed by atoms with Crippen LogP contribution < -0.4 is 5.32 Å². The Morgan fingerprint density at radius 3 is 2.57 bits per heavy atom. The molecule has 4 nitrogen and oxygen atoms in total. The molecule has 0 aliphatic heterocycles. The molecule has 0 fully saturated rings. The predicted molar refractivity (Wildman–Crippen MR) is 89.2 cm³/mol. The van der Waals surface area contributed by atoms with Gasteiger partial charge in [-0.15, -0.1) is 0 Å². The molecule has 0 spiro atoms. The smallest absolute Gasteiger partial charge is 0.255 e. The van der Waals surface area contributed by atoms with Gasteiger partial charge in [-0.05, 0) is 43.3 Å². The van der Waals surface area contributed by atoms with Gasteiger partial charge in [0.1, 0.15) is 18.1 Å². The molecule has 2 aromatic carbocycles. The van der Waals surface area contributed by atoms with Crippen LogP contribution in [0.25, 0.3) is 11.3 Å². The van der Waals surface area contributed by atoms with Crippen molar-refractivity contribution in [1.82, 2.24) is 0 Å². The Bertz CT molecular complexity index is 819. The molecule has 0 radical (unpaired) electrons. The van der Waals surface area contributed by atoms with E-state index in [4.69, 9.17) is 9.52 Å². The monoisotopic (exact) mass is 307 g/mol. The van der Waals surface area contributed by atoms with Crippen LogP contribution >= 0.6 is 0 Å². The molecule has 0 aliphatic rings. The average Bonchev–Trinajstić information content (AvgIpc) is 3.05. The molecule has 3 rings (SSSR count). The van der Waals surface area contributed by atoms with E-state index < -0.39 is 0 Å². The number of furan rings is 1. The fourth-order valence-electron chi connectivity index (χ4n) is 2.28. The van der Waals surface area contributed by atoms with Crippen LogP contribution in [0.3, 0.4) is 0 Å². The van der Waals surface area contributed by atoms with Crippen LogP contribution in [0.4, 0.5) is 5.69 Å². The van der Waals surface area contributed by atoms with Gasteiger partial charge in [0.05, 0.1) is 0 Å². The van der Waals surface area contributed by atoms with Crippen molar-refractivity contribution in [2.75, 3.05) is 5.32 Å². The van der Waals surface area contributed by atoms with Crippen molar-refractivity contribution in [2.24, 2.45) is 0 Å². The zero-order valence-electron chi connectivity index (χ0n) is 12.7. The number of benzene rings is 2. The number of carbonyl (C=O) groups excluding carboxylic acids is 1. The summed E-state index contributed by atoms with van der Waals surface area (Å²) in [7, 11) is 0. The summed E-state index contributed by atoms with van der Waals surface area (Å²) < 4.78 is 5.51. The second kappa shape index (κ2) is 6.50. The van der Waals surface area contributed by atoms with Crippen LogP contribution in [0.15, 0.2) is 65.1 Å². The van der Waals surface area contributed by atoms with E-state index in [0.717, 1.165) is 11.1 Å². The van der Waals surface area contributed by atoms with Crippen LogP contribution in [0.1, 0.15) is 21.7 Å². The second-order valence-electron chi connectivity index (χ2n) is 5.33. The lowest BCUT2D eigenvalue weighted by atomic mass is 10.1. The largest absolute Gasteiger partial charge is 0.459 e. The van der Waals surface area contributed by atoms with Crippen LogP contribution in [0.2, 0.25) is 0 Å². The lowest BCUT2D eigenvalue weighted by molar-refractivity contribution is 0.102. The number of aliphatic hydroxyl groups excluding tert-OH is 1. The Balaban J connectivity index is 1.79. The van der Waals surface area contributed by atoms with Crippen LogP contribution in [-0.2, 0) is 6.61 Å². The minimum absolute atomic E-state index is 0.135. The van der Waals surface area contributed by atoms with E-state index in [-0.39, 0.29) is 12.5 Å². The zero-order chi connectivity index (χ0) is 16.2. The fourth-order valence-corrected chi connectivity index (χ4v) is 2.28. The van der Waals surface area contributed by atoms with Gasteiger partial charge in [-0.25, -0.2) is 0 Å².